The molecular weight excluding hydrogens is 241 g/mol. The molecule has 0 radical (unpaired) electrons. The van der Waals surface area contributed by atoms with E-state index in [1.54, 1.807) is 0 Å². The minimum atomic E-state index is -4.35. The SMILES string of the molecule is CCCCC(C)C(=O)c1ccc(C(F)(F)F)cc1. The molecule has 0 fully saturated rings. The summed E-state index contributed by atoms with van der Waals surface area (Å²) in [4.78, 5) is 11.9. The van der Waals surface area contributed by atoms with Gasteiger partial charge in [-0.2, -0.15) is 13.2 Å². The molecule has 1 rings (SSSR count). The second kappa shape index (κ2) is 6.03. The molecule has 1 aromatic rings. The molecule has 0 N–H and O–H groups in total. The van der Waals surface area contributed by atoms with Gasteiger partial charge in [-0.05, 0) is 18.6 Å². The summed E-state index contributed by atoms with van der Waals surface area (Å²) < 4.78 is 37.1. The monoisotopic (exact) mass is 258 g/mol. The molecule has 0 aliphatic carbocycles. The Labute approximate surface area is 105 Å². The smallest absolute Gasteiger partial charge is 0.294 e. The average molecular weight is 258 g/mol. The standard InChI is InChI=1S/C14H17F3O/c1-3-4-5-10(2)13(18)11-6-8-12(9-7-11)14(15,16)17/h6-10H,3-5H2,1-2H3. The molecule has 1 unspecified atom stereocenters. The van der Waals surface area contributed by atoms with E-state index < -0.39 is 11.7 Å². The zero-order valence-electron chi connectivity index (χ0n) is 10.6. The van der Waals surface area contributed by atoms with Gasteiger partial charge in [0.15, 0.2) is 5.78 Å². The third-order valence-corrected chi connectivity index (χ3v) is 2.94. The van der Waals surface area contributed by atoms with Gasteiger partial charge in [0, 0.05) is 11.5 Å². The Morgan fingerprint density at radius 1 is 1.22 bits per heavy atom. The number of hydrogen-bond acceptors (Lipinski definition) is 1. The van der Waals surface area contributed by atoms with Crippen molar-refractivity contribution in [3.8, 4) is 0 Å². The van der Waals surface area contributed by atoms with E-state index >= 15 is 0 Å². The lowest BCUT2D eigenvalue weighted by Gasteiger charge is -2.11. The highest BCUT2D eigenvalue weighted by Crippen LogP contribution is 2.29. The molecule has 1 aromatic carbocycles. The zero-order valence-corrected chi connectivity index (χ0v) is 10.6. The lowest BCUT2D eigenvalue weighted by Crippen LogP contribution is -2.12. The number of unbranched alkanes of at least 4 members (excludes halogenated alkanes) is 1. The molecule has 100 valence electrons. The van der Waals surface area contributed by atoms with Crippen LogP contribution in [-0.4, -0.2) is 5.78 Å². The van der Waals surface area contributed by atoms with Gasteiger partial charge in [-0.15, -0.1) is 0 Å². The van der Waals surface area contributed by atoms with E-state index in [1.807, 2.05) is 13.8 Å². The molecule has 0 bridgehead atoms. The van der Waals surface area contributed by atoms with Gasteiger partial charge in [0.1, 0.15) is 0 Å². The first kappa shape index (κ1) is 14.7. The molecule has 1 nitrogen and oxygen atoms in total. The fourth-order valence-electron chi connectivity index (χ4n) is 1.75. The second-order valence-corrected chi connectivity index (χ2v) is 4.48. The Bertz CT molecular complexity index is 392. The number of halogens is 3. The van der Waals surface area contributed by atoms with E-state index in [9.17, 15) is 18.0 Å². The van der Waals surface area contributed by atoms with Gasteiger partial charge in [-0.25, -0.2) is 0 Å². The van der Waals surface area contributed by atoms with Crippen LogP contribution in [0.5, 0.6) is 0 Å². The lowest BCUT2D eigenvalue weighted by atomic mass is 9.94. The quantitative estimate of drug-likeness (QED) is 0.699. The highest BCUT2D eigenvalue weighted by Gasteiger charge is 2.30. The van der Waals surface area contributed by atoms with Crippen LogP contribution in [0, 0.1) is 5.92 Å². The Morgan fingerprint density at radius 3 is 2.22 bits per heavy atom. The van der Waals surface area contributed by atoms with Crippen molar-refractivity contribution >= 4 is 5.78 Å². The van der Waals surface area contributed by atoms with Gasteiger partial charge in [-0.3, -0.25) is 4.79 Å². The van der Waals surface area contributed by atoms with E-state index in [4.69, 9.17) is 0 Å². The molecule has 0 heterocycles. The number of rotatable bonds is 5. The number of benzene rings is 1. The van der Waals surface area contributed by atoms with Crippen LogP contribution in [0.4, 0.5) is 13.2 Å². The van der Waals surface area contributed by atoms with Gasteiger partial charge < -0.3 is 0 Å². The van der Waals surface area contributed by atoms with Crippen LogP contribution in [0.3, 0.4) is 0 Å². The van der Waals surface area contributed by atoms with Crippen LogP contribution in [0.1, 0.15) is 49.0 Å². The summed E-state index contributed by atoms with van der Waals surface area (Å²) in [5.74, 6) is -0.223. The molecule has 0 aromatic heterocycles. The summed E-state index contributed by atoms with van der Waals surface area (Å²) in [6.45, 7) is 3.85. The van der Waals surface area contributed by atoms with E-state index in [-0.39, 0.29) is 11.7 Å². The van der Waals surface area contributed by atoms with Crippen molar-refractivity contribution in [3.63, 3.8) is 0 Å². The Balaban J connectivity index is 2.76. The Hall–Kier alpha value is -1.32. The van der Waals surface area contributed by atoms with Crippen LogP contribution < -0.4 is 0 Å². The van der Waals surface area contributed by atoms with Gasteiger partial charge in [-0.1, -0.05) is 38.8 Å². The molecule has 4 heteroatoms. The summed E-state index contributed by atoms with van der Waals surface area (Å²) in [5, 5.41) is 0. The first-order chi connectivity index (χ1) is 8.36. The minimum Gasteiger partial charge on any atom is -0.294 e. The van der Waals surface area contributed by atoms with Crippen molar-refractivity contribution in [3.05, 3.63) is 35.4 Å². The summed E-state index contributed by atoms with van der Waals surface area (Å²) in [7, 11) is 0. The molecule has 0 saturated carbocycles. The van der Waals surface area contributed by atoms with E-state index in [0.29, 0.717) is 5.56 Å². The van der Waals surface area contributed by atoms with E-state index in [2.05, 4.69) is 0 Å². The Morgan fingerprint density at radius 2 is 1.78 bits per heavy atom. The zero-order chi connectivity index (χ0) is 13.8. The number of alkyl halides is 3. The van der Waals surface area contributed by atoms with E-state index in [1.165, 1.54) is 12.1 Å². The summed E-state index contributed by atoms with van der Waals surface area (Å²) in [6.07, 6.45) is -1.62. The molecular formula is C14H17F3O. The first-order valence-corrected chi connectivity index (χ1v) is 6.07. The van der Waals surface area contributed by atoms with Crippen molar-refractivity contribution in [2.45, 2.75) is 39.3 Å². The van der Waals surface area contributed by atoms with Gasteiger partial charge in [0.25, 0.3) is 0 Å². The Kier molecular flexibility index (Phi) is 4.93. The predicted octanol–water partition coefficient (Wildman–Crippen LogP) is 4.71. The van der Waals surface area contributed by atoms with Gasteiger partial charge in [0.05, 0.1) is 5.56 Å². The predicted molar refractivity (Wildman–Crippen MR) is 64.5 cm³/mol. The molecule has 0 aliphatic rings. The van der Waals surface area contributed by atoms with Crippen LogP contribution in [0.15, 0.2) is 24.3 Å². The van der Waals surface area contributed by atoms with Gasteiger partial charge >= 0.3 is 6.18 Å². The topological polar surface area (TPSA) is 17.1 Å². The number of carbonyl (C=O) groups excluding carboxylic acids is 1. The molecule has 0 saturated heterocycles. The summed E-state index contributed by atoms with van der Waals surface area (Å²) in [5.41, 5.74) is -0.369. The molecule has 0 aliphatic heterocycles. The molecule has 0 spiro atoms. The fourth-order valence-corrected chi connectivity index (χ4v) is 1.75. The maximum atomic E-state index is 12.4. The maximum Gasteiger partial charge on any atom is 0.416 e. The van der Waals surface area contributed by atoms with Crippen molar-refractivity contribution in [2.24, 2.45) is 5.92 Å². The fraction of sp³-hybridized carbons (Fsp3) is 0.500. The van der Waals surface area contributed by atoms with Gasteiger partial charge in [0.2, 0.25) is 0 Å². The van der Waals surface area contributed by atoms with Crippen molar-refractivity contribution in [1.29, 1.82) is 0 Å². The number of ketones is 1. The second-order valence-electron chi connectivity index (χ2n) is 4.48. The number of Topliss-reactive ketones (excluding diaryl/α,β-unsaturated/α-hetero) is 1. The third-order valence-electron chi connectivity index (χ3n) is 2.94. The molecule has 1 atom stereocenters. The van der Waals surface area contributed by atoms with E-state index in [0.717, 1.165) is 31.4 Å². The van der Waals surface area contributed by atoms with Crippen molar-refractivity contribution in [1.82, 2.24) is 0 Å². The third kappa shape index (κ3) is 3.86. The highest BCUT2D eigenvalue weighted by atomic mass is 19.4. The lowest BCUT2D eigenvalue weighted by molar-refractivity contribution is -0.137. The van der Waals surface area contributed by atoms with Crippen LogP contribution in [0.2, 0.25) is 0 Å². The molecule has 0 amide bonds. The van der Waals surface area contributed by atoms with Crippen LogP contribution in [-0.2, 0) is 6.18 Å². The number of carbonyl (C=O) groups is 1. The largest absolute Gasteiger partial charge is 0.416 e. The summed E-state index contributed by atoms with van der Waals surface area (Å²) >= 11 is 0. The van der Waals surface area contributed by atoms with Crippen LogP contribution >= 0.6 is 0 Å². The normalized spacial score (nSPS) is 13.4. The summed E-state index contributed by atoms with van der Waals surface area (Å²) in [6, 6.07) is 4.43. The molecule has 18 heavy (non-hydrogen) atoms. The minimum absolute atomic E-state index is 0.0859. The first-order valence-electron chi connectivity index (χ1n) is 6.07. The maximum absolute atomic E-state index is 12.4. The van der Waals surface area contributed by atoms with Crippen molar-refractivity contribution in [2.75, 3.05) is 0 Å². The van der Waals surface area contributed by atoms with Crippen LogP contribution in [0.25, 0.3) is 0 Å². The highest BCUT2D eigenvalue weighted by molar-refractivity contribution is 5.97. The van der Waals surface area contributed by atoms with Crippen molar-refractivity contribution < 1.29 is 18.0 Å². The number of hydrogen-bond donors (Lipinski definition) is 0. The average Bonchev–Trinajstić information content (AvgIpc) is 2.34.